The molecule has 0 saturated carbocycles. The highest BCUT2D eigenvalue weighted by Gasteiger charge is 2.17. The van der Waals surface area contributed by atoms with Crippen LogP contribution in [0.25, 0.3) is 0 Å². The van der Waals surface area contributed by atoms with Gasteiger partial charge >= 0.3 is 0 Å². The molecule has 1 unspecified atom stereocenters. The number of hydrogen-bond acceptors (Lipinski definition) is 3. The highest BCUT2D eigenvalue weighted by Crippen LogP contribution is 2.22. The predicted molar refractivity (Wildman–Crippen MR) is 69.0 cm³/mol. The SMILES string of the molecule is Cc1ccc(S(=O)OC2CCSCC2)cc1. The summed E-state index contributed by atoms with van der Waals surface area (Å²) < 4.78 is 17.5. The minimum atomic E-state index is -1.30. The quantitative estimate of drug-likeness (QED) is 0.832. The van der Waals surface area contributed by atoms with E-state index in [0.29, 0.717) is 0 Å². The van der Waals surface area contributed by atoms with Crippen LogP contribution in [0.4, 0.5) is 0 Å². The van der Waals surface area contributed by atoms with E-state index in [0.717, 1.165) is 29.2 Å². The van der Waals surface area contributed by atoms with E-state index in [-0.39, 0.29) is 6.10 Å². The van der Waals surface area contributed by atoms with E-state index in [1.807, 2.05) is 43.0 Å². The molecule has 88 valence electrons. The van der Waals surface area contributed by atoms with Crippen molar-refractivity contribution in [2.75, 3.05) is 11.5 Å². The van der Waals surface area contributed by atoms with Crippen molar-refractivity contribution in [1.29, 1.82) is 0 Å². The second-order valence-corrected chi connectivity index (χ2v) is 6.31. The third-order valence-corrected chi connectivity index (χ3v) is 4.76. The van der Waals surface area contributed by atoms with Gasteiger partial charge in [0.2, 0.25) is 0 Å². The monoisotopic (exact) mass is 256 g/mol. The molecule has 0 amide bonds. The summed E-state index contributed by atoms with van der Waals surface area (Å²) in [7, 11) is 0. The maximum absolute atomic E-state index is 11.9. The standard InChI is InChI=1S/C12H16O2S2/c1-10-2-4-12(5-3-10)16(13)14-11-6-8-15-9-7-11/h2-5,11H,6-9H2,1H3. The van der Waals surface area contributed by atoms with Gasteiger partial charge in [0, 0.05) is 0 Å². The van der Waals surface area contributed by atoms with Gasteiger partial charge in [0.05, 0.1) is 11.0 Å². The van der Waals surface area contributed by atoms with Crippen molar-refractivity contribution < 1.29 is 8.39 Å². The Kier molecular flexibility index (Phi) is 4.44. The number of rotatable bonds is 3. The fourth-order valence-electron chi connectivity index (χ4n) is 1.60. The number of benzene rings is 1. The van der Waals surface area contributed by atoms with Gasteiger partial charge in [0.25, 0.3) is 0 Å². The first kappa shape index (κ1) is 12.1. The fraction of sp³-hybridized carbons (Fsp3) is 0.500. The van der Waals surface area contributed by atoms with Crippen molar-refractivity contribution in [3.8, 4) is 0 Å². The van der Waals surface area contributed by atoms with E-state index in [2.05, 4.69) is 0 Å². The van der Waals surface area contributed by atoms with Gasteiger partial charge in [0.15, 0.2) is 11.1 Å². The van der Waals surface area contributed by atoms with E-state index in [9.17, 15) is 4.21 Å². The van der Waals surface area contributed by atoms with Crippen LogP contribution < -0.4 is 0 Å². The van der Waals surface area contributed by atoms with Crippen LogP contribution in [0.2, 0.25) is 0 Å². The molecule has 0 aliphatic carbocycles. The van der Waals surface area contributed by atoms with E-state index < -0.39 is 11.1 Å². The molecular formula is C12H16O2S2. The lowest BCUT2D eigenvalue weighted by Crippen LogP contribution is -2.20. The molecule has 1 atom stereocenters. The molecule has 2 rings (SSSR count). The Labute approximate surface area is 103 Å². The van der Waals surface area contributed by atoms with Crippen molar-refractivity contribution in [3.05, 3.63) is 29.8 Å². The molecule has 2 nitrogen and oxygen atoms in total. The van der Waals surface area contributed by atoms with Crippen LogP contribution in [0.5, 0.6) is 0 Å². The summed E-state index contributed by atoms with van der Waals surface area (Å²) in [4.78, 5) is 0.767. The van der Waals surface area contributed by atoms with Gasteiger partial charge in [-0.2, -0.15) is 11.8 Å². The maximum atomic E-state index is 11.9. The summed E-state index contributed by atoms with van der Waals surface area (Å²) in [6, 6.07) is 7.69. The van der Waals surface area contributed by atoms with Crippen LogP contribution in [0, 0.1) is 6.92 Å². The molecular weight excluding hydrogens is 240 g/mol. The van der Waals surface area contributed by atoms with Gasteiger partial charge in [-0.1, -0.05) is 17.7 Å². The Morgan fingerprint density at radius 1 is 1.25 bits per heavy atom. The summed E-state index contributed by atoms with van der Waals surface area (Å²) in [5.74, 6) is 2.24. The first-order valence-electron chi connectivity index (χ1n) is 5.49. The Hall–Kier alpha value is -0.320. The second-order valence-electron chi connectivity index (χ2n) is 3.96. The van der Waals surface area contributed by atoms with E-state index in [4.69, 9.17) is 4.18 Å². The van der Waals surface area contributed by atoms with Crippen molar-refractivity contribution in [2.24, 2.45) is 0 Å². The zero-order valence-electron chi connectivity index (χ0n) is 9.35. The van der Waals surface area contributed by atoms with Gasteiger partial charge < -0.3 is 0 Å². The summed E-state index contributed by atoms with van der Waals surface area (Å²) in [6.45, 7) is 2.02. The number of hydrogen-bond donors (Lipinski definition) is 0. The van der Waals surface area contributed by atoms with Gasteiger partial charge in [-0.3, -0.25) is 4.18 Å². The molecule has 1 heterocycles. The van der Waals surface area contributed by atoms with Crippen LogP contribution in [0.3, 0.4) is 0 Å². The normalized spacial score (nSPS) is 19.6. The van der Waals surface area contributed by atoms with Gasteiger partial charge in [-0.25, -0.2) is 4.21 Å². The third-order valence-electron chi connectivity index (χ3n) is 2.61. The second kappa shape index (κ2) is 5.84. The topological polar surface area (TPSA) is 26.3 Å². The van der Waals surface area contributed by atoms with Crippen molar-refractivity contribution >= 4 is 22.8 Å². The van der Waals surface area contributed by atoms with Crippen molar-refractivity contribution in [1.82, 2.24) is 0 Å². The highest BCUT2D eigenvalue weighted by atomic mass is 32.2. The molecule has 1 aromatic carbocycles. The van der Waals surface area contributed by atoms with Crippen LogP contribution >= 0.6 is 11.8 Å². The largest absolute Gasteiger partial charge is 0.283 e. The van der Waals surface area contributed by atoms with Gasteiger partial charge in [-0.05, 0) is 43.4 Å². The summed E-state index contributed by atoms with van der Waals surface area (Å²) in [5, 5.41) is 0. The Morgan fingerprint density at radius 3 is 2.50 bits per heavy atom. The molecule has 0 aromatic heterocycles. The van der Waals surface area contributed by atoms with Crippen LogP contribution in [0.15, 0.2) is 29.2 Å². The van der Waals surface area contributed by atoms with E-state index >= 15 is 0 Å². The Bertz CT molecular complexity index is 356. The average Bonchev–Trinajstić information content (AvgIpc) is 2.31. The molecule has 16 heavy (non-hydrogen) atoms. The zero-order valence-corrected chi connectivity index (χ0v) is 11.0. The number of thioether (sulfide) groups is 1. The van der Waals surface area contributed by atoms with Crippen LogP contribution in [0.1, 0.15) is 18.4 Å². The van der Waals surface area contributed by atoms with Crippen molar-refractivity contribution in [3.63, 3.8) is 0 Å². The zero-order chi connectivity index (χ0) is 11.4. The van der Waals surface area contributed by atoms with Gasteiger partial charge in [0.1, 0.15) is 0 Å². The molecule has 1 aromatic rings. The predicted octanol–water partition coefficient (Wildman–Crippen LogP) is 2.93. The first-order chi connectivity index (χ1) is 7.75. The molecule has 0 radical (unpaired) electrons. The van der Waals surface area contributed by atoms with E-state index in [1.54, 1.807) is 0 Å². The summed E-state index contributed by atoms with van der Waals surface area (Å²) in [5.41, 5.74) is 1.18. The van der Waals surface area contributed by atoms with Gasteiger partial charge in [-0.15, -0.1) is 0 Å². The maximum Gasteiger partial charge on any atom is 0.189 e. The molecule has 1 aliphatic rings. The van der Waals surface area contributed by atoms with E-state index in [1.165, 1.54) is 5.56 Å². The minimum absolute atomic E-state index is 0.170. The highest BCUT2D eigenvalue weighted by molar-refractivity contribution is 7.99. The summed E-state index contributed by atoms with van der Waals surface area (Å²) in [6.07, 6.45) is 2.20. The molecule has 0 spiro atoms. The summed E-state index contributed by atoms with van der Waals surface area (Å²) >= 11 is 0.646. The lowest BCUT2D eigenvalue weighted by atomic mass is 10.2. The lowest BCUT2D eigenvalue weighted by molar-refractivity contribution is 0.215. The molecule has 1 saturated heterocycles. The first-order valence-corrected chi connectivity index (χ1v) is 7.72. The molecule has 1 fully saturated rings. The number of aryl methyl sites for hydroxylation is 1. The molecule has 1 aliphatic heterocycles. The fourth-order valence-corrected chi connectivity index (χ4v) is 3.57. The van der Waals surface area contributed by atoms with Crippen molar-refractivity contribution in [2.45, 2.75) is 30.8 Å². The lowest BCUT2D eigenvalue weighted by Gasteiger charge is -2.20. The van der Waals surface area contributed by atoms with Crippen LogP contribution in [-0.2, 0) is 15.3 Å². The van der Waals surface area contributed by atoms with Crippen LogP contribution in [-0.4, -0.2) is 21.8 Å². The Balaban J connectivity index is 1.94. The molecule has 4 heteroatoms. The smallest absolute Gasteiger partial charge is 0.189 e. The third kappa shape index (κ3) is 3.34. The average molecular weight is 256 g/mol. The Morgan fingerprint density at radius 2 is 1.88 bits per heavy atom. The molecule has 0 N–H and O–H groups in total. The minimum Gasteiger partial charge on any atom is -0.283 e. The molecule has 0 bridgehead atoms.